The highest BCUT2D eigenvalue weighted by Gasteiger charge is 2.33. The van der Waals surface area contributed by atoms with Crippen LogP contribution >= 0.6 is 0 Å². The molecule has 0 aliphatic carbocycles. The van der Waals surface area contributed by atoms with Crippen molar-refractivity contribution in [2.24, 2.45) is 10.9 Å². The van der Waals surface area contributed by atoms with Crippen LogP contribution in [0.25, 0.3) is 0 Å². The second kappa shape index (κ2) is 11.2. The number of hydrogen-bond acceptors (Lipinski definition) is 3. The fourth-order valence-electron chi connectivity index (χ4n) is 4.79. The lowest BCUT2D eigenvalue weighted by atomic mass is 10.1. The lowest BCUT2D eigenvalue weighted by Crippen LogP contribution is -2.46. The summed E-state index contributed by atoms with van der Waals surface area (Å²) in [6.07, 6.45) is -0.866. The van der Waals surface area contributed by atoms with E-state index < -0.39 is 12.7 Å². The van der Waals surface area contributed by atoms with E-state index in [0.717, 1.165) is 45.1 Å². The largest absolute Gasteiger partial charge is 0.401 e. The molecular weight excluding hydrogens is 403 g/mol. The van der Waals surface area contributed by atoms with Crippen LogP contribution in [-0.2, 0) is 6.54 Å². The maximum absolute atomic E-state index is 12.8. The molecule has 2 saturated heterocycles. The van der Waals surface area contributed by atoms with Crippen LogP contribution in [0.15, 0.2) is 35.3 Å². The smallest absolute Gasteiger partial charge is 0.355 e. The van der Waals surface area contributed by atoms with Gasteiger partial charge in [-0.15, -0.1) is 0 Å². The SMILES string of the molecule is CCN(CC1CCN(C(=NC)NCC2CCCN2Cc2ccccc2)C1)CC(F)(F)F. The number of alkyl halides is 3. The highest BCUT2D eigenvalue weighted by molar-refractivity contribution is 5.80. The van der Waals surface area contributed by atoms with Gasteiger partial charge < -0.3 is 10.2 Å². The van der Waals surface area contributed by atoms with E-state index in [1.807, 2.05) is 6.07 Å². The first-order chi connectivity index (χ1) is 14.9. The summed E-state index contributed by atoms with van der Waals surface area (Å²) in [5, 5.41) is 3.54. The highest BCUT2D eigenvalue weighted by Crippen LogP contribution is 2.22. The zero-order chi connectivity index (χ0) is 22.3. The topological polar surface area (TPSA) is 34.1 Å². The van der Waals surface area contributed by atoms with Gasteiger partial charge in [-0.2, -0.15) is 13.2 Å². The van der Waals surface area contributed by atoms with Gasteiger partial charge in [-0.25, -0.2) is 0 Å². The van der Waals surface area contributed by atoms with Crippen molar-refractivity contribution in [3.63, 3.8) is 0 Å². The first-order valence-corrected chi connectivity index (χ1v) is 11.4. The zero-order valence-corrected chi connectivity index (χ0v) is 18.7. The molecular formula is C23H36F3N5. The molecule has 0 spiro atoms. The Morgan fingerprint density at radius 3 is 2.65 bits per heavy atom. The molecule has 5 nitrogen and oxygen atoms in total. The number of nitrogens with zero attached hydrogens (tertiary/aromatic N) is 4. The molecule has 3 rings (SSSR count). The van der Waals surface area contributed by atoms with Crippen LogP contribution in [0, 0.1) is 5.92 Å². The van der Waals surface area contributed by atoms with E-state index in [-0.39, 0.29) is 5.92 Å². The summed E-state index contributed by atoms with van der Waals surface area (Å²) >= 11 is 0. The molecule has 2 unspecified atom stereocenters. The molecule has 2 atom stereocenters. The number of rotatable bonds is 8. The number of likely N-dealkylation sites (tertiary alicyclic amines) is 2. The summed E-state index contributed by atoms with van der Waals surface area (Å²) in [6, 6.07) is 11.0. The second-order valence-electron chi connectivity index (χ2n) is 8.72. The Bertz CT molecular complexity index is 694. The first kappa shape index (κ1) is 23.9. The third kappa shape index (κ3) is 7.38. The fraction of sp³-hybridized carbons (Fsp3) is 0.696. The van der Waals surface area contributed by atoms with Gasteiger partial charge in [0, 0.05) is 45.8 Å². The van der Waals surface area contributed by atoms with Gasteiger partial charge in [0.1, 0.15) is 0 Å². The van der Waals surface area contributed by atoms with Crippen LogP contribution in [-0.4, -0.2) is 85.7 Å². The zero-order valence-electron chi connectivity index (χ0n) is 18.7. The monoisotopic (exact) mass is 439 g/mol. The molecule has 0 saturated carbocycles. The molecule has 1 aromatic rings. The Kier molecular flexibility index (Phi) is 8.60. The van der Waals surface area contributed by atoms with Gasteiger partial charge in [-0.1, -0.05) is 37.3 Å². The molecule has 0 bridgehead atoms. The lowest BCUT2D eigenvalue weighted by molar-refractivity contribution is -0.146. The second-order valence-corrected chi connectivity index (χ2v) is 8.72. The molecule has 1 aromatic carbocycles. The molecule has 2 aliphatic heterocycles. The number of nitrogens with one attached hydrogen (secondary N) is 1. The van der Waals surface area contributed by atoms with Gasteiger partial charge in [-0.05, 0) is 43.8 Å². The van der Waals surface area contributed by atoms with E-state index in [0.29, 0.717) is 19.1 Å². The number of aliphatic imine (C=N–C) groups is 1. The third-order valence-corrected chi connectivity index (χ3v) is 6.39. The lowest BCUT2D eigenvalue weighted by Gasteiger charge is -2.28. The number of halogens is 3. The van der Waals surface area contributed by atoms with Crippen molar-refractivity contribution in [2.75, 3.05) is 52.9 Å². The van der Waals surface area contributed by atoms with Crippen LogP contribution in [0.5, 0.6) is 0 Å². The number of benzene rings is 1. The summed E-state index contributed by atoms with van der Waals surface area (Å²) in [4.78, 5) is 10.7. The van der Waals surface area contributed by atoms with Crippen LogP contribution in [0.2, 0.25) is 0 Å². The van der Waals surface area contributed by atoms with Gasteiger partial charge in [0.2, 0.25) is 0 Å². The summed E-state index contributed by atoms with van der Waals surface area (Å²) in [7, 11) is 1.79. The molecule has 2 heterocycles. The van der Waals surface area contributed by atoms with Crippen molar-refractivity contribution in [3.8, 4) is 0 Å². The van der Waals surface area contributed by atoms with Crippen molar-refractivity contribution in [3.05, 3.63) is 35.9 Å². The predicted octanol–water partition coefficient (Wildman–Crippen LogP) is 3.43. The summed E-state index contributed by atoms with van der Waals surface area (Å²) in [6.45, 7) is 6.38. The normalized spacial score (nSPS) is 23.2. The maximum Gasteiger partial charge on any atom is 0.401 e. The Morgan fingerprint density at radius 1 is 1.19 bits per heavy atom. The van der Waals surface area contributed by atoms with Crippen LogP contribution in [0.1, 0.15) is 31.7 Å². The van der Waals surface area contributed by atoms with Crippen LogP contribution < -0.4 is 5.32 Å². The standard InChI is InChI=1S/C23H36F3N5/c1-3-29(18-23(24,25)26)15-20-11-13-31(17-20)22(27-2)28-14-21-10-7-12-30(21)16-19-8-5-4-6-9-19/h4-6,8-9,20-21H,3,7,10-18H2,1-2H3,(H,27,28). The van der Waals surface area contributed by atoms with Crippen LogP contribution in [0.3, 0.4) is 0 Å². The molecule has 31 heavy (non-hydrogen) atoms. The molecule has 1 N–H and O–H groups in total. The minimum Gasteiger partial charge on any atom is -0.355 e. The summed E-state index contributed by atoms with van der Waals surface area (Å²) < 4.78 is 38.3. The highest BCUT2D eigenvalue weighted by atomic mass is 19.4. The van der Waals surface area contributed by atoms with Crippen molar-refractivity contribution < 1.29 is 13.2 Å². The van der Waals surface area contributed by atoms with Gasteiger partial charge in [0.15, 0.2) is 5.96 Å². The molecule has 2 fully saturated rings. The molecule has 0 amide bonds. The van der Waals surface area contributed by atoms with Crippen molar-refractivity contribution in [1.82, 2.24) is 20.0 Å². The van der Waals surface area contributed by atoms with Crippen molar-refractivity contribution >= 4 is 5.96 Å². The van der Waals surface area contributed by atoms with Crippen LogP contribution in [0.4, 0.5) is 13.2 Å². The van der Waals surface area contributed by atoms with E-state index >= 15 is 0 Å². The number of guanidine groups is 1. The van der Waals surface area contributed by atoms with E-state index in [2.05, 4.69) is 44.4 Å². The molecule has 8 heteroatoms. The first-order valence-electron chi connectivity index (χ1n) is 11.4. The molecule has 2 aliphatic rings. The Balaban J connectivity index is 1.47. The van der Waals surface area contributed by atoms with E-state index in [4.69, 9.17) is 0 Å². The van der Waals surface area contributed by atoms with Gasteiger partial charge in [0.25, 0.3) is 0 Å². The summed E-state index contributed by atoms with van der Waals surface area (Å²) in [5.41, 5.74) is 1.33. The Morgan fingerprint density at radius 2 is 1.97 bits per heavy atom. The fourth-order valence-corrected chi connectivity index (χ4v) is 4.79. The van der Waals surface area contributed by atoms with Gasteiger partial charge >= 0.3 is 6.18 Å². The van der Waals surface area contributed by atoms with Crippen molar-refractivity contribution in [2.45, 2.75) is 44.9 Å². The average molecular weight is 440 g/mol. The Hall–Kier alpha value is -1.80. The minimum absolute atomic E-state index is 0.238. The predicted molar refractivity (Wildman–Crippen MR) is 119 cm³/mol. The molecule has 0 radical (unpaired) electrons. The minimum atomic E-state index is -4.14. The molecule has 174 valence electrons. The average Bonchev–Trinajstić information content (AvgIpc) is 3.37. The third-order valence-electron chi connectivity index (χ3n) is 6.39. The van der Waals surface area contributed by atoms with Gasteiger partial charge in [-0.3, -0.25) is 14.8 Å². The summed E-state index contributed by atoms with van der Waals surface area (Å²) in [5.74, 6) is 1.11. The number of hydrogen-bond donors (Lipinski definition) is 1. The quantitative estimate of drug-likeness (QED) is 0.497. The maximum atomic E-state index is 12.8. The van der Waals surface area contributed by atoms with Gasteiger partial charge in [0.05, 0.1) is 6.54 Å². The Labute approximate surface area is 184 Å². The van der Waals surface area contributed by atoms with E-state index in [1.54, 1.807) is 14.0 Å². The van der Waals surface area contributed by atoms with Crippen molar-refractivity contribution in [1.29, 1.82) is 0 Å². The van der Waals surface area contributed by atoms with E-state index in [9.17, 15) is 13.2 Å². The van der Waals surface area contributed by atoms with E-state index in [1.165, 1.54) is 23.3 Å². The molecule has 0 aromatic heterocycles.